The summed E-state index contributed by atoms with van der Waals surface area (Å²) in [6.45, 7) is 6.25. The molecule has 0 aromatic heterocycles. The lowest BCUT2D eigenvalue weighted by Crippen LogP contribution is -2.30. The molecule has 0 saturated heterocycles. The molecular weight excluding hydrogens is 925 g/mol. The minimum Gasteiger partial charge on any atom is -0.462 e. The minimum atomic E-state index is -0.832. The number of hydrogen-bond acceptors (Lipinski definition) is 6. The van der Waals surface area contributed by atoms with Crippen molar-refractivity contribution in [1.82, 2.24) is 0 Å². The Kier molecular flexibility index (Phi) is 57.0. The van der Waals surface area contributed by atoms with Crippen molar-refractivity contribution < 1.29 is 28.6 Å². The molecule has 1 unspecified atom stereocenters. The van der Waals surface area contributed by atoms with E-state index in [1.807, 2.05) is 0 Å². The van der Waals surface area contributed by atoms with Crippen LogP contribution in [0.25, 0.3) is 0 Å². The molecule has 75 heavy (non-hydrogen) atoms. The van der Waals surface area contributed by atoms with Crippen molar-refractivity contribution in [1.29, 1.82) is 0 Å². The van der Waals surface area contributed by atoms with Gasteiger partial charge in [-0.05, 0) is 141 Å². The molecule has 0 aliphatic carbocycles. The Morgan fingerprint density at radius 2 is 0.533 bits per heavy atom. The van der Waals surface area contributed by atoms with Crippen LogP contribution in [0.5, 0.6) is 0 Å². The van der Waals surface area contributed by atoms with E-state index in [9.17, 15) is 14.4 Å². The fraction of sp³-hybridized carbons (Fsp3) is 0.551. The topological polar surface area (TPSA) is 78.9 Å². The van der Waals surface area contributed by atoms with Crippen LogP contribution in [0.15, 0.2) is 170 Å². The van der Waals surface area contributed by atoms with Crippen molar-refractivity contribution in [2.24, 2.45) is 0 Å². The third kappa shape index (κ3) is 59.5. The summed E-state index contributed by atoms with van der Waals surface area (Å²) < 4.78 is 16.8. The monoisotopic (exact) mass is 1030 g/mol. The van der Waals surface area contributed by atoms with E-state index in [4.69, 9.17) is 14.2 Å². The van der Waals surface area contributed by atoms with Crippen LogP contribution in [0.2, 0.25) is 0 Å². The van der Waals surface area contributed by atoms with Crippen LogP contribution in [0.1, 0.15) is 226 Å². The first kappa shape index (κ1) is 69.8. The van der Waals surface area contributed by atoms with Gasteiger partial charge in [-0.25, -0.2) is 0 Å². The quantitative estimate of drug-likeness (QED) is 0.0261. The van der Waals surface area contributed by atoms with Crippen molar-refractivity contribution in [2.45, 2.75) is 232 Å². The number of ether oxygens (including phenoxy) is 3. The van der Waals surface area contributed by atoms with Gasteiger partial charge < -0.3 is 14.2 Å². The fourth-order valence-corrected chi connectivity index (χ4v) is 7.32. The molecule has 0 aromatic rings. The van der Waals surface area contributed by atoms with Crippen LogP contribution < -0.4 is 0 Å². The summed E-state index contributed by atoms with van der Waals surface area (Å²) in [6.07, 6.45) is 90.7. The van der Waals surface area contributed by atoms with Crippen molar-refractivity contribution in [3.63, 3.8) is 0 Å². The first-order valence-electron chi connectivity index (χ1n) is 29.6. The van der Waals surface area contributed by atoms with Gasteiger partial charge in [0.1, 0.15) is 13.2 Å². The van der Waals surface area contributed by atoms with Crippen molar-refractivity contribution in [2.75, 3.05) is 13.2 Å². The number of carbonyl (C=O) groups excluding carboxylic acids is 3. The van der Waals surface area contributed by atoms with Crippen molar-refractivity contribution >= 4 is 17.9 Å². The molecule has 0 fully saturated rings. The summed E-state index contributed by atoms with van der Waals surface area (Å²) in [6, 6.07) is 0. The van der Waals surface area contributed by atoms with E-state index in [-0.39, 0.29) is 37.5 Å². The van der Waals surface area contributed by atoms with Gasteiger partial charge in [-0.15, -0.1) is 0 Å². The highest BCUT2D eigenvalue weighted by molar-refractivity contribution is 5.71. The molecule has 6 heteroatoms. The van der Waals surface area contributed by atoms with E-state index in [1.54, 1.807) is 0 Å². The van der Waals surface area contributed by atoms with E-state index in [0.29, 0.717) is 19.3 Å². The summed E-state index contributed by atoms with van der Waals surface area (Å²) in [4.78, 5) is 38.2. The van der Waals surface area contributed by atoms with Crippen LogP contribution in [0.3, 0.4) is 0 Å². The second kappa shape index (κ2) is 61.3. The molecule has 0 saturated carbocycles. The lowest BCUT2D eigenvalue weighted by molar-refractivity contribution is -0.167. The highest BCUT2D eigenvalue weighted by Gasteiger charge is 2.19. The molecule has 0 spiro atoms. The van der Waals surface area contributed by atoms with Gasteiger partial charge in [0.05, 0.1) is 0 Å². The Hall–Kier alpha value is -5.23. The van der Waals surface area contributed by atoms with Crippen molar-refractivity contribution in [3.8, 4) is 0 Å². The Morgan fingerprint density at radius 3 is 0.853 bits per heavy atom. The minimum absolute atomic E-state index is 0.123. The van der Waals surface area contributed by atoms with Crippen molar-refractivity contribution in [3.05, 3.63) is 170 Å². The van der Waals surface area contributed by atoms with Gasteiger partial charge in [-0.1, -0.05) is 236 Å². The second-order valence-electron chi connectivity index (χ2n) is 18.8. The summed E-state index contributed by atoms with van der Waals surface area (Å²) in [5.74, 6) is -1.02. The highest BCUT2D eigenvalue weighted by atomic mass is 16.6. The molecule has 0 aromatic carbocycles. The van der Waals surface area contributed by atoms with Gasteiger partial charge in [0, 0.05) is 19.3 Å². The molecule has 0 N–H and O–H groups in total. The van der Waals surface area contributed by atoms with Gasteiger partial charge in [0.2, 0.25) is 0 Å². The Bertz CT molecular complexity index is 1750. The van der Waals surface area contributed by atoms with E-state index in [0.717, 1.165) is 173 Å². The third-order valence-electron chi connectivity index (χ3n) is 11.7. The average Bonchev–Trinajstić information content (AvgIpc) is 3.41. The van der Waals surface area contributed by atoms with E-state index >= 15 is 0 Å². The normalized spacial score (nSPS) is 13.4. The van der Waals surface area contributed by atoms with Gasteiger partial charge in [-0.3, -0.25) is 14.4 Å². The zero-order chi connectivity index (χ0) is 54.3. The predicted molar refractivity (Wildman–Crippen MR) is 325 cm³/mol. The SMILES string of the molecule is CC/C=C\C/C=C\C/C=C\C/C=C\C/C=C\C/C=C\C/C=C\CCCCCCCC(=O)OCC(COC(=O)CCCCCCC/C=C\C/C=C\CCC)OC(=O)CCC/C=C\C/C=C\C/C=C\C/C=C\C/C=C\CC. The summed E-state index contributed by atoms with van der Waals surface area (Å²) in [5, 5.41) is 0. The van der Waals surface area contributed by atoms with Crippen LogP contribution in [0.4, 0.5) is 0 Å². The number of rotatable bonds is 51. The molecule has 0 bridgehead atoms. The van der Waals surface area contributed by atoms with Crippen LogP contribution >= 0.6 is 0 Å². The second-order valence-corrected chi connectivity index (χ2v) is 18.8. The lowest BCUT2D eigenvalue weighted by Gasteiger charge is -2.18. The van der Waals surface area contributed by atoms with Crippen LogP contribution in [-0.2, 0) is 28.6 Å². The number of hydrogen-bond donors (Lipinski definition) is 0. The Labute approximate surface area is 460 Å². The molecule has 418 valence electrons. The predicted octanol–water partition coefficient (Wildman–Crippen LogP) is 20.3. The van der Waals surface area contributed by atoms with Gasteiger partial charge in [0.15, 0.2) is 6.10 Å². The van der Waals surface area contributed by atoms with Gasteiger partial charge >= 0.3 is 17.9 Å². The van der Waals surface area contributed by atoms with E-state index < -0.39 is 6.10 Å². The number of esters is 3. The molecule has 1 atom stereocenters. The zero-order valence-corrected chi connectivity index (χ0v) is 47.7. The zero-order valence-electron chi connectivity index (χ0n) is 47.7. The summed E-state index contributed by atoms with van der Waals surface area (Å²) in [7, 11) is 0. The van der Waals surface area contributed by atoms with Crippen LogP contribution in [0, 0.1) is 0 Å². The Balaban J connectivity index is 4.49. The molecule has 0 radical (unpaired) electrons. The molecular formula is C69H106O6. The third-order valence-corrected chi connectivity index (χ3v) is 11.7. The molecule has 0 amide bonds. The number of carbonyl (C=O) groups is 3. The molecule has 6 nitrogen and oxygen atoms in total. The van der Waals surface area contributed by atoms with Gasteiger partial charge in [-0.2, -0.15) is 0 Å². The molecule has 0 rings (SSSR count). The maximum Gasteiger partial charge on any atom is 0.306 e. The molecule has 0 aliphatic heterocycles. The largest absolute Gasteiger partial charge is 0.462 e. The summed E-state index contributed by atoms with van der Waals surface area (Å²) in [5.41, 5.74) is 0. The maximum atomic E-state index is 12.8. The molecule has 0 heterocycles. The first-order chi connectivity index (χ1) is 37.0. The average molecular weight is 1030 g/mol. The molecule has 0 aliphatic rings. The lowest BCUT2D eigenvalue weighted by atomic mass is 10.1. The van der Waals surface area contributed by atoms with Crippen LogP contribution in [-0.4, -0.2) is 37.2 Å². The maximum absolute atomic E-state index is 12.8. The smallest absolute Gasteiger partial charge is 0.306 e. The first-order valence-corrected chi connectivity index (χ1v) is 29.6. The fourth-order valence-electron chi connectivity index (χ4n) is 7.32. The number of unbranched alkanes of at least 4 members (excludes halogenated alkanes) is 12. The summed E-state index contributed by atoms with van der Waals surface area (Å²) >= 11 is 0. The number of allylic oxidation sites excluding steroid dienone is 28. The van der Waals surface area contributed by atoms with Gasteiger partial charge in [0.25, 0.3) is 0 Å². The standard InChI is InChI=1S/C69H106O6/c1-4-7-10-13-16-19-22-25-27-29-30-31-32-33-34-35-36-37-38-40-41-44-47-50-53-56-59-62-68(71)74-65-66(64-73-67(70)61-58-55-52-49-46-43-24-21-18-15-12-9-6-3)75-69(72)63-60-57-54-51-48-45-42-39-28-26-23-20-17-14-11-8-5-2/h7-8,10-12,15-17,19-21,24-28,30-31,33-34,36-37,40-42,45,51,54,66H,4-6,9,13-14,18,22-23,29,32,35,38-39,43-44,46-50,52-53,55-65H2,1-3H3/b10-7-,11-8-,15-12-,19-16-,20-17-,24-21-,27-25-,28-26-,31-30-,34-33-,37-36-,41-40-,45-42-,54-51-. The Morgan fingerprint density at radius 1 is 0.280 bits per heavy atom. The van der Waals surface area contributed by atoms with E-state index in [1.165, 1.54) is 6.42 Å². The highest BCUT2D eigenvalue weighted by Crippen LogP contribution is 2.12. The van der Waals surface area contributed by atoms with E-state index in [2.05, 4.69) is 191 Å².